The number of fused-ring (bicyclic) bond motifs is 1. The summed E-state index contributed by atoms with van der Waals surface area (Å²) in [5.41, 5.74) is 2.37. The van der Waals surface area contributed by atoms with Gasteiger partial charge in [0, 0.05) is 33.0 Å². The number of likely N-dealkylation sites (N-methyl/N-ethyl adjacent to an activating group) is 1. The molecule has 3 heterocycles. The molecule has 0 aliphatic heterocycles. The Hall–Kier alpha value is -3.20. The summed E-state index contributed by atoms with van der Waals surface area (Å²) in [7, 11) is 5.13. The van der Waals surface area contributed by atoms with Crippen LogP contribution in [0, 0.1) is 0 Å². The summed E-state index contributed by atoms with van der Waals surface area (Å²) in [6, 6.07) is 5.64. The van der Waals surface area contributed by atoms with Crippen molar-refractivity contribution in [3.05, 3.63) is 30.6 Å². The van der Waals surface area contributed by atoms with E-state index in [-0.39, 0.29) is 5.91 Å². The Kier molecular flexibility index (Phi) is 6.38. The molecule has 3 aromatic rings. The molecular weight excluding hydrogens is 358 g/mol. The van der Waals surface area contributed by atoms with Crippen molar-refractivity contribution < 1.29 is 9.53 Å². The molecule has 3 aromatic heterocycles. The first kappa shape index (κ1) is 19.6. The van der Waals surface area contributed by atoms with Gasteiger partial charge in [0.15, 0.2) is 0 Å². The van der Waals surface area contributed by atoms with E-state index in [0.29, 0.717) is 19.0 Å². The molecule has 0 aliphatic carbocycles. The maximum atomic E-state index is 11.5. The van der Waals surface area contributed by atoms with Gasteiger partial charge in [-0.2, -0.15) is 0 Å². The molecule has 0 radical (unpaired) electrons. The van der Waals surface area contributed by atoms with Crippen molar-refractivity contribution in [1.82, 2.24) is 30.2 Å². The molecule has 0 unspecified atom stereocenters. The third-order valence-electron chi connectivity index (χ3n) is 4.23. The standard InChI is InChI=1S/C19H25N7O2/c1-26(2)17(27)12-20-7-4-8-22-19-23-9-5-14(25-19)15-11-13-16(28-3)6-10-21-18(13)24-15/h5-6,9-11,20H,4,7-8,12H2,1-3H3,(H,21,24)(H,22,23,25). The van der Waals surface area contributed by atoms with Gasteiger partial charge in [0.25, 0.3) is 0 Å². The van der Waals surface area contributed by atoms with E-state index in [0.717, 1.165) is 41.1 Å². The first-order chi connectivity index (χ1) is 13.6. The zero-order chi connectivity index (χ0) is 19.9. The van der Waals surface area contributed by atoms with E-state index < -0.39 is 0 Å². The number of hydrogen-bond donors (Lipinski definition) is 3. The molecule has 28 heavy (non-hydrogen) atoms. The van der Waals surface area contributed by atoms with Gasteiger partial charge in [-0.15, -0.1) is 0 Å². The highest BCUT2D eigenvalue weighted by Crippen LogP contribution is 2.28. The number of pyridine rings is 1. The molecular formula is C19H25N7O2. The lowest BCUT2D eigenvalue weighted by molar-refractivity contribution is -0.127. The van der Waals surface area contributed by atoms with Crippen LogP contribution in [0.5, 0.6) is 5.75 Å². The summed E-state index contributed by atoms with van der Waals surface area (Å²) in [6.07, 6.45) is 4.27. The largest absolute Gasteiger partial charge is 0.496 e. The van der Waals surface area contributed by atoms with Crippen LogP contribution >= 0.6 is 0 Å². The lowest BCUT2D eigenvalue weighted by Gasteiger charge is -2.11. The maximum absolute atomic E-state index is 11.5. The number of aromatic nitrogens is 4. The van der Waals surface area contributed by atoms with Crippen LogP contribution in [0.4, 0.5) is 5.95 Å². The Bertz CT molecular complexity index is 939. The number of aromatic amines is 1. The second kappa shape index (κ2) is 9.14. The van der Waals surface area contributed by atoms with Crippen LogP contribution in [-0.4, -0.2) is 71.6 Å². The number of carbonyl (C=O) groups excluding carboxylic acids is 1. The topological polar surface area (TPSA) is 108 Å². The number of anilines is 1. The van der Waals surface area contributed by atoms with Crippen LogP contribution in [0.1, 0.15) is 6.42 Å². The Labute approximate surface area is 163 Å². The SMILES string of the molecule is COc1ccnc2[nH]c(-c3ccnc(NCCCNCC(=O)N(C)C)n3)cc12. The van der Waals surface area contributed by atoms with Gasteiger partial charge >= 0.3 is 0 Å². The van der Waals surface area contributed by atoms with Crippen molar-refractivity contribution in [2.75, 3.05) is 46.2 Å². The predicted octanol–water partition coefficient (Wildman–Crippen LogP) is 1.51. The quantitative estimate of drug-likeness (QED) is 0.481. The minimum Gasteiger partial charge on any atom is -0.496 e. The molecule has 0 saturated carbocycles. The molecule has 1 amide bonds. The van der Waals surface area contributed by atoms with E-state index in [1.54, 1.807) is 38.5 Å². The molecule has 3 N–H and O–H groups in total. The van der Waals surface area contributed by atoms with E-state index >= 15 is 0 Å². The summed E-state index contributed by atoms with van der Waals surface area (Å²) >= 11 is 0. The number of hydrogen-bond acceptors (Lipinski definition) is 7. The first-order valence-corrected chi connectivity index (χ1v) is 9.08. The van der Waals surface area contributed by atoms with Gasteiger partial charge in [0.05, 0.1) is 30.4 Å². The molecule has 0 atom stereocenters. The third kappa shape index (κ3) is 4.74. The van der Waals surface area contributed by atoms with Crippen LogP contribution in [0.15, 0.2) is 30.6 Å². The number of nitrogens with one attached hydrogen (secondary N) is 3. The highest BCUT2D eigenvalue weighted by molar-refractivity contribution is 5.87. The van der Waals surface area contributed by atoms with Gasteiger partial charge in [-0.25, -0.2) is 15.0 Å². The third-order valence-corrected chi connectivity index (χ3v) is 4.23. The summed E-state index contributed by atoms with van der Waals surface area (Å²) in [6.45, 7) is 1.78. The molecule has 3 rings (SSSR count). The van der Waals surface area contributed by atoms with Gasteiger partial charge < -0.3 is 25.3 Å². The number of methoxy groups -OCH3 is 1. The van der Waals surface area contributed by atoms with Crippen molar-refractivity contribution >= 4 is 22.9 Å². The molecule has 9 nitrogen and oxygen atoms in total. The minimum atomic E-state index is 0.0634. The average molecular weight is 383 g/mol. The van der Waals surface area contributed by atoms with Crippen molar-refractivity contribution in [2.45, 2.75) is 6.42 Å². The smallest absolute Gasteiger partial charge is 0.236 e. The first-order valence-electron chi connectivity index (χ1n) is 9.08. The molecule has 148 valence electrons. The Balaban J connectivity index is 1.57. The number of rotatable bonds is 9. The monoisotopic (exact) mass is 383 g/mol. The fraction of sp³-hybridized carbons (Fsp3) is 0.368. The lowest BCUT2D eigenvalue weighted by Crippen LogP contribution is -2.33. The van der Waals surface area contributed by atoms with Crippen molar-refractivity contribution in [1.29, 1.82) is 0 Å². The number of amides is 1. The highest BCUT2D eigenvalue weighted by Gasteiger charge is 2.10. The van der Waals surface area contributed by atoms with Gasteiger partial charge in [-0.3, -0.25) is 4.79 Å². The van der Waals surface area contributed by atoms with E-state index in [2.05, 4.69) is 30.6 Å². The van der Waals surface area contributed by atoms with Gasteiger partial charge in [-0.05, 0) is 31.2 Å². The number of nitrogens with zero attached hydrogens (tertiary/aromatic N) is 4. The fourth-order valence-electron chi connectivity index (χ4n) is 2.68. The zero-order valence-electron chi connectivity index (χ0n) is 16.3. The second-order valence-electron chi connectivity index (χ2n) is 6.47. The Morgan fingerprint density at radius 2 is 2.04 bits per heavy atom. The van der Waals surface area contributed by atoms with Crippen molar-refractivity contribution in [3.63, 3.8) is 0 Å². The van der Waals surface area contributed by atoms with E-state index in [4.69, 9.17) is 4.74 Å². The van der Waals surface area contributed by atoms with Crippen LogP contribution < -0.4 is 15.4 Å². The Morgan fingerprint density at radius 3 is 2.82 bits per heavy atom. The molecule has 0 spiro atoms. The highest BCUT2D eigenvalue weighted by atomic mass is 16.5. The van der Waals surface area contributed by atoms with E-state index in [1.165, 1.54) is 0 Å². The molecule has 0 fully saturated rings. The summed E-state index contributed by atoms with van der Waals surface area (Å²) in [4.78, 5) is 29.5. The van der Waals surface area contributed by atoms with Crippen molar-refractivity contribution in [2.24, 2.45) is 0 Å². The number of carbonyl (C=O) groups is 1. The van der Waals surface area contributed by atoms with E-state index in [9.17, 15) is 4.79 Å². The van der Waals surface area contributed by atoms with Crippen LogP contribution in [-0.2, 0) is 4.79 Å². The molecule has 0 aliphatic rings. The summed E-state index contributed by atoms with van der Waals surface area (Å²) < 4.78 is 5.38. The fourth-order valence-corrected chi connectivity index (χ4v) is 2.68. The molecule has 0 bridgehead atoms. The van der Waals surface area contributed by atoms with Crippen molar-refractivity contribution in [3.8, 4) is 17.1 Å². The van der Waals surface area contributed by atoms with Crippen LogP contribution in [0.25, 0.3) is 22.4 Å². The van der Waals surface area contributed by atoms with Gasteiger partial charge in [-0.1, -0.05) is 0 Å². The second-order valence-corrected chi connectivity index (χ2v) is 6.47. The minimum absolute atomic E-state index is 0.0634. The van der Waals surface area contributed by atoms with Crippen LogP contribution in [0.3, 0.4) is 0 Å². The van der Waals surface area contributed by atoms with E-state index in [1.807, 2.05) is 18.2 Å². The van der Waals surface area contributed by atoms with Gasteiger partial charge in [0.2, 0.25) is 11.9 Å². The maximum Gasteiger partial charge on any atom is 0.236 e. The van der Waals surface area contributed by atoms with Gasteiger partial charge in [0.1, 0.15) is 11.4 Å². The number of H-pyrrole nitrogens is 1. The normalized spacial score (nSPS) is 10.8. The Morgan fingerprint density at radius 1 is 1.21 bits per heavy atom. The lowest BCUT2D eigenvalue weighted by atomic mass is 10.2. The molecule has 9 heteroatoms. The average Bonchev–Trinajstić information content (AvgIpc) is 3.15. The van der Waals surface area contributed by atoms with Crippen LogP contribution in [0.2, 0.25) is 0 Å². The predicted molar refractivity (Wildman–Crippen MR) is 108 cm³/mol. The summed E-state index contributed by atoms with van der Waals surface area (Å²) in [5.74, 6) is 1.38. The molecule has 0 aromatic carbocycles. The number of ether oxygens (including phenoxy) is 1. The molecule has 0 saturated heterocycles. The summed E-state index contributed by atoms with van der Waals surface area (Å²) in [5, 5.41) is 7.24. The zero-order valence-corrected chi connectivity index (χ0v) is 16.3.